The molecule has 3 aliphatic carbocycles. The zero-order valence-corrected chi connectivity index (χ0v) is 8.38. The summed E-state index contributed by atoms with van der Waals surface area (Å²) < 4.78 is 0. The predicted molar refractivity (Wildman–Crippen MR) is 49.8 cm³/mol. The normalized spacial score (nSPS) is 46.5. The molecule has 1 nitrogen and oxygen atoms in total. The molecule has 0 aromatic heterocycles. The molecule has 2 bridgehead atoms. The maximum absolute atomic E-state index is 9.60. The van der Waals surface area contributed by atoms with E-state index in [4.69, 9.17) is 0 Å². The van der Waals surface area contributed by atoms with Gasteiger partial charge in [0.15, 0.2) is 0 Å². The van der Waals surface area contributed by atoms with Crippen molar-refractivity contribution in [1.82, 2.24) is 0 Å². The standard InChI is InChI=1S/C11H20O/c1-7(12)9-5-4-8-6-10(9)11(8,2)3/h7-10,12H,4-6H2,1-3H3. The van der Waals surface area contributed by atoms with E-state index in [0.717, 1.165) is 11.8 Å². The molecule has 0 saturated heterocycles. The van der Waals surface area contributed by atoms with Gasteiger partial charge in [0.2, 0.25) is 0 Å². The number of hydrogen-bond acceptors (Lipinski definition) is 1. The minimum absolute atomic E-state index is 0.0875. The van der Waals surface area contributed by atoms with E-state index < -0.39 is 0 Å². The van der Waals surface area contributed by atoms with Crippen LogP contribution >= 0.6 is 0 Å². The minimum Gasteiger partial charge on any atom is -0.393 e. The van der Waals surface area contributed by atoms with Crippen LogP contribution in [0.5, 0.6) is 0 Å². The lowest BCUT2D eigenvalue weighted by molar-refractivity contribution is -0.133. The molecule has 12 heavy (non-hydrogen) atoms. The highest BCUT2D eigenvalue weighted by atomic mass is 16.3. The quantitative estimate of drug-likeness (QED) is 0.637. The lowest BCUT2D eigenvalue weighted by Crippen LogP contribution is -2.54. The van der Waals surface area contributed by atoms with E-state index in [9.17, 15) is 5.11 Å². The topological polar surface area (TPSA) is 20.2 Å². The van der Waals surface area contributed by atoms with Crippen LogP contribution in [0.2, 0.25) is 0 Å². The number of aliphatic hydroxyl groups is 1. The Balaban J connectivity index is 2.11. The molecule has 1 N–H and O–H groups in total. The van der Waals surface area contributed by atoms with E-state index in [1.807, 2.05) is 6.92 Å². The first-order valence-corrected chi connectivity index (χ1v) is 5.21. The third-order valence-corrected chi connectivity index (χ3v) is 4.53. The van der Waals surface area contributed by atoms with Gasteiger partial charge in [0.25, 0.3) is 0 Å². The summed E-state index contributed by atoms with van der Waals surface area (Å²) in [5.41, 5.74) is 0.528. The third-order valence-electron chi connectivity index (χ3n) is 4.53. The SMILES string of the molecule is CC(O)C1CCC2CC1C2(C)C. The van der Waals surface area contributed by atoms with Crippen LogP contribution in [0, 0.1) is 23.2 Å². The monoisotopic (exact) mass is 168 g/mol. The Hall–Kier alpha value is -0.0400. The van der Waals surface area contributed by atoms with Crippen LogP contribution in [0.15, 0.2) is 0 Å². The number of rotatable bonds is 1. The second-order valence-electron chi connectivity index (χ2n) is 5.34. The van der Waals surface area contributed by atoms with Crippen molar-refractivity contribution >= 4 is 0 Å². The largest absolute Gasteiger partial charge is 0.393 e. The molecule has 70 valence electrons. The first-order chi connectivity index (χ1) is 5.53. The Bertz CT molecular complexity index is 179. The predicted octanol–water partition coefficient (Wildman–Crippen LogP) is 2.44. The molecule has 0 aromatic rings. The molecule has 4 atom stereocenters. The fourth-order valence-corrected chi connectivity index (χ4v) is 3.44. The van der Waals surface area contributed by atoms with Gasteiger partial charge in [-0.25, -0.2) is 0 Å². The summed E-state index contributed by atoms with van der Waals surface area (Å²) in [6, 6.07) is 0. The highest BCUT2D eigenvalue weighted by Gasteiger charge is 2.54. The van der Waals surface area contributed by atoms with Crippen LogP contribution < -0.4 is 0 Å². The van der Waals surface area contributed by atoms with E-state index >= 15 is 0 Å². The highest BCUT2D eigenvalue weighted by molar-refractivity contribution is 5.04. The summed E-state index contributed by atoms with van der Waals surface area (Å²) >= 11 is 0. The van der Waals surface area contributed by atoms with Crippen molar-refractivity contribution in [3.63, 3.8) is 0 Å². The van der Waals surface area contributed by atoms with Crippen molar-refractivity contribution in [2.45, 2.75) is 46.1 Å². The number of hydrogen-bond donors (Lipinski definition) is 1. The molecule has 0 amide bonds. The molecule has 3 saturated carbocycles. The van der Waals surface area contributed by atoms with Gasteiger partial charge in [-0.15, -0.1) is 0 Å². The van der Waals surface area contributed by atoms with E-state index in [1.54, 1.807) is 0 Å². The molecule has 0 spiro atoms. The van der Waals surface area contributed by atoms with Gasteiger partial charge in [0.05, 0.1) is 6.10 Å². The lowest BCUT2D eigenvalue weighted by atomic mass is 9.45. The highest BCUT2D eigenvalue weighted by Crippen LogP contribution is 2.61. The average Bonchev–Trinajstić information content (AvgIpc) is 2.04. The Labute approximate surface area is 75.2 Å². The summed E-state index contributed by atoms with van der Waals surface area (Å²) in [7, 11) is 0. The van der Waals surface area contributed by atoms with Crippen LogP contribution in [-0.4, -0.2) is 11.2 Å². The van der Waals surface area contributed by atoms with Crippen molar-refractivity contribution in [3.05, 3.63) is 0 Å². The third kappa shape index (κ3) is 0.953. The van der Waals surface area contributed by atoms with E-state index in [1.165, 1.54) is 19.3 Å². The molecule has 4 unspecified atom stereocenters. The second kappa shape index (κ2) is 2.47. The first-order valence-electron chi connectivity index (χ1n) is 5.21. The van der Waals surface area contributed by atoms with Crippen LogP contribution in [-0.2, 0) is 0 Å². The molecule has 3 aliphatic rings. The van der Waals surface area contributed by atoms with Crippen LogP contribution in [0.4, 0.5) is 0 Å². The molecule has 0 heterocycles. The zero-order chi connectivity index (χ0) is 8.93. The number of aliphatic hydroxyl groups excluding tert-OH is 1. The maximum atomic E-state index is 9.60. The first kappa shape index (κ1) is 8.55. The smallest absolute Gasteiger partial charge is 0.0543 e. The molecule has 0 aliphatic heterocycles. The molecule has 3 rings (SSSR count). The van der Waals surface area contributed by atoms with Crippen molar-refractivity contribution in [2.75, 3.05) is 0 Å². The zero-order valence-electron chi connectivity index (χ0n) is 8.38. The summed E-state index contributed by atoms with van der Waals surface area (Å²) in [6.45, 7) is 6.71. The summed E-state index contributed by atoms with van der Waals surface area (Å²) in [4.78, 5) is 0. The Morgan fingerprint density at radius 3 is 2.33 bits per heavy atom. The Morgan fingerprint density at radius 1 is 1.33 bits per heavy atom. The van der Waals surface area contributed by atoms with E-state index in [0.29, 0.717) is 11.3 Å². The lowest BCUT2D eigenvalue weighted by Gasteiger charge is -2.60. The van der Waals surface area contributed by atoms with Gasteiger partial charge in [-0.1, -0.05) is 13.8 Å². The molecule has 3 fully saturated rings. The Kier molecular flexibility index (Phi) is 1.76. The van der Waals surface area contributed by atoms with Crippen molar-refractivity contribution in [2.24, 2.45) is 23.2 Å². The molecular formula is C11H20O. The summed E-state index contributed by atoms with van der Waals surface area (Å²) in [5.74, 6) is 2.35. The molecule has 1 heteroatoms. The van der Waals surface area contributed by atoms with Gasteiger partial charge in [-0.3, -0.25) is 0 Å². The van der Waals surface area contributed by atoms with Crippen molar-refractivity contribution < 1.29 is 5.11 Å². The van der Waals surface area contributed by atoms with Gasteiger partial charge < -0.3 is 5.11 Å². The summed E-state index contributed by atoms with van der Waals surface area (Å²) in [6.07, 6.45) is 3.90. The average molecular weight is 168 g/mol. The van der Waals surface area contributed by atoms with E-state index in [-0.39, 0.29) is 6.10 Å². The van der Waals surface area contributed by atoms with Crippen LogP contribution in [0.3, 0.4) is 0 Å². The molecule has 0 aromatic carbocycles. The van der Waals surface area contributed by atoms with Gasteiger partial charge in [0.1, 0.15) is 0 Å². The van der Waals surface area contributed by atoms with Crippen LogP contribution in [0.1, 0.15) is 40.0 Å². The maximum Gasteiger partial charge on any atom is 0.0543 e. The molecule has 0 radical (unpaired) electrons. The Morgan fingerprint density at radius 2 is 2.00 bits per heavy atom. The van der Waals surface area contributed by atoms with Gasteiger partial charge >= 0.3 is 0 Å². The second-order valence-corrected chi connectivity index (χ2v) is 5.34. The molecular weight excluding hydrogens is 148 g/mol. The van der Waals surface area contributed by atoms with Gasteiger partial charge in [-0.05, 0) is 49.4 Å². The van der Waals surface area contributed by atoms with Gasteiger partial charge in [-0.2, -0.15) is 0 Å². The van der Waals surface area contributed by atoms with Crippen LogP contribution in [0.25, 0.3) is 0 Å². The van der Waals surface area contributed by atoms with Gasteiger partial charge in [0, 0.05) is 0 Å². The fourth-order valence-electron chi connectivity index (χ4n) is 3.44. The van der Waals surface area contributed by atoms with Crippen molar-refractivity contribution in [3.8, 4) is 0 Å². The minimum atomic E-state index is -0.0875. The van der Waals surface area contributed by atoms with E-state index in [2.05, 4.69) is 13.8 Å². The number of fused-ring (bicyclic) bond motifs is 2. The summed E-state index contributed by atoms with van der Waals surface area (Å²) in [5, 5.41) is 9.60. The van der Waals surface area contributed by atoms with Crippen molar-refractivity contribution in [1.29, 1.82) is 0 Å². The fraction of sp³-hybridized carbons (Fsp3) is 1.00.